The zero-order valence-electron chi connectivity index (χ0n) is 4.91. The van der Waals surface area contributed by atoms with Gasteiger partial charge in [0.1, 0.15) is 0 Å². The molecule has 1 aliphatic rings. The van der Waals surface area contributed by atoms with E-state index >= 15 is 0 Å². The molecule has 0 fully saturated rings. The van der Waals surface area contributed by atoms with E-state index in [2.05, 4.69) is 0 Å². The van der Waals surface area contributed by atoms with Crippen molar-refractivity contribution in [2.45, 2.75) is 12.8 Å². The van der Waals surface area contributed by atoms with Gasteiger partial charge in [-0.2, -0.15) is 0 Å². The highest BCUT2D eigenvalue weighted by molar-refractivity contribution is 5.14. The van der Waals surface area contributed by atoms with Crippen molar-refractivity contribution in [2.24, 2.45) is 0 Å². The molecule has 0 saturated carbocycles. The quantitative estimate of drug-likeness (QED) is 0.393. The second kappa shape index (κ2) is 2.44. The molecule has 1 rings (SSSR count). The molecule has 0 bridgehead atoms. The van der Waals surface area contributed by atoms with Gasteiger partial charge in [-0.1, -0.05) is 6.08 Å². The summed E-state index contributed by atoms with van der Waals surface area (Å²) < 4.78 is 0. The van der Waals surface area contributed by atoms with Gasteiger partial charge < -0.3 is 0 Å². The lowest BCUT2D eigenvalue weighted by molar-refractivity contribution is -0.419. The topological polar surface area (TPSA) is 43.1 Å². The Balaban J connectivity index is 2.69. The first-order valence-electron chi connectivity index (χ1n) is 2.82. The van der Waals surface area contributed by atoms with E-state index in [-0.39, 0.29) is 10.6 Å². The maximum absolute atomic E-state index is 10.0. The fraction of sp³-hybridized carbons (Fsp3) is 0.333. The Morgan fingerprint density at radius 1 is 1.56 bits per heavy atom. The molecule has 0 unspecified atom stereocenters. The van der Waals surface area contributed by atoms with Crippen LogP contribution >= 0.6 is 0 Å². The minimum absolute atomic E-state index is 0.223. The third kappa shape index (κ3) is 1.38. The maximum Gasteiger partial charge on any atom is 0.265 e. The van der Waals surface area contributed by atoms with E-state index in [0.717, 1.165) is 12.8 Å². The predicted molar refractivity (Wildman–Crippen MR) is 33.5 cm³/mol. The van der Waals surface area contributed by atoms with E-state index in [0.29, 0.717) is 0 Å². The van der Waals surface area contributed by atoms with Gasteiger partial charge in [-0.3, -0.25) is 10.1 Å². The largest absolute Gasteiger partial charge is 0.265 e. The highest BCUT2D eigenvalue weighted by Gasteiger charge is 2.06. The third-order valence-electron chi connectivity index (χ3n) is 1.19. The lowest BCUT2D eigenvalue weighted by atomic mass is 10.2. The van der Waals surface area contributed by atoms with Crippen LogP contribution in [0.5, 0.6) is 0 Å². The normalized spacial score (nSPS) is 17.1. The molecular weight excluding hydrogens is 118 g/mol. The van der Waals surface area contributed by atoms with Crippen LogP contribution in [0.3, 0.4) is 0 Å². The Bertz CT molecular complexity index is 181. The van der Waals surface area contributed by atoms with E-state index in [9.17, 15) is 10.1 Å². The van der Waals surface area contributed by atoms with Crippen LogP contribution in [-0.4, -0.2) is 4.92 Å². The lowest BCUT2D eigenvalue weighted by Crippen LogP contribution is -1.97. The average molecular weight is 125 g/mol. The molecular formula is C6H7NO2. The first-order valence-corrected chi connectivity index (χ1v) is 2.82. The van der Waals surface area contributed by atoms with E-state index in [1.54, 1.807) is 12.2 Å². The van der Waals surface area contributed by atoms with Crippen molar-refractivity contribution in [2.75, 3.05) is 0 Å². The summed E-state index contributed by atoms with van der Waals surface area (Å²) in [6.07, 6.45) is 6.73. The van der Waals surface area contributed by atoms with Crippen molar-refractivity contribution in [1.82, 2.24) is 0 Å². The number of nitro groups is 1. The molecule has 0 N–H and O–H groups in total. The summed E-state index contributed by atoms with van der Waals surface area (Å²) in [6, 6.07) is 0. The second-order valence-corrected chi connectivity index (χ2v) is 1.87. The molecule has 0 radical (unpaired) electrons. The van der Waals surface area contributed by atoms with Crippen molar-refractivity contribution in [3.63, 3.8) is 0 Å². The Morgan fingerprint density at radius 2 is 2.33 bits per heavy atom. The highest BCUT2D eigenvalue weighted by Crippen LogP contribution is 2.08. The number of hydrogen-bond donors (Lipinski definition) is 0. The molecule has 1 aliphatic carbocycles. The van der Waals surface area contributed by atoms with Crippen LogP contribution in [0, 0.1) is 10.1 Å². The molecule has 9 heavy (non-hydrogen) atoms. The van der Waals surface area contributed by atoms with Crippen molar-refractivity contribution in [3.8, 4) is 0 Å². The van der Waals surface area contributed by atoms with Crippen molar-refractivity contribution >= 4 is 0 Å². The molecule has 0 aliphatic heterocycles. The van der Waals surface area contributed by atoms with Crippen LogP contribution < -0.4 is 0 Å². The Morgan fingerprint density at radius 3 is 2.67 bits per heavy atom. The van der Waals surface area contributed by atoms with Crippen LogP contribution in [0.1, 0.15) is 12.8 Å². The molecule has 3 heteroatoms. The molecule has 0 aromatic carbocycles. The molecule has 0 spiro atoms. The maximum atomic E-state index is 10.0. The van der Waals surface area contributed by atoms with Gasteiger partial charge in [0, 0.05) is 6.08 Å². The molecule has 0 amide bonds. The van der Waals surface area contributed by atoms with Crippen LogP contribution in [0.2, 0.25) is 0 Å². The predicted octanol–water partition coefficient (Wildman–Crippen LogP) is 1.50. The highest BCUT2D eigenvalue weighted by atomic mass is 16.6. The van der Waals surface area contributed by atoms with Crippen LogP contribution in [0.15, 0.2) is 23.9 Å². The number of rotatable bonds is 1. The van der Waals surface area contributed by atoms with Crippen molar-refractivity contribution < 1.29 is 4.92 Å². The lowest BCUT2D eigenvalue weighted by Gasteiger charge is -1.95. The van der Waals surface area contributed by atoms with Gasteiger partial charge in [0.05, 0.1) is 4.92 Å². The van der Waals surface area contributed by atoms with Gasteiger partial charge in [0.2, 0.25) is 0 Å². The minimum atomic E-state index is -0.365. The van der Waals surface area contributed by atoms with Crippen molar-refractivity contribution in [3.05, 3.63) is 34.0 Å². The SMILES string of the molecule is O=[N+]([O-])C1=CCCC=C1. The fourth-order valence-corrected chi connectivity index (χ4v) is 0.735. The fourth-order valence-electron chi connectivity index (χ4n) is 0.735. The summed E-state index contributed by atoms with van der Waals surface area (Å²) in [5, 5.41) is 10.0. The average Bonchev–Trinajstić information content (AvgIpc) is 1.90. The van der Waals surface area contributed by atoms with Gasteiger partial charge in [-0.15, -0.1) is 0 Å². The van der Waals surface area contributed by atoms with Crippen molar-refractivity contribution in [1.29, 1.82) is 0 Å². The molecule has 48 valence electrons. The Labute approximate surface area is 52.8 Å². The summed E-state index contributed by atoms with van der Waals surface area (Å²) in [5.74, 6) is 0. The van der Waals surface area contributed by atoms with Gasteiger partial charge in [0.15, 0.2) is 0 Å². The summed E-state index contributed by atoms with van der Waals surface area (Å²) in [5.41, 5.74) is 0.223. The standard InChI is InChI=1S/C6H7NO2/c8-7(9)6-4-2-1-3-5-6/h2,4-5H,1,3H2. The van der Waals surface area contributed by atoms with Gasteiger partial charge in [-0.05, 0) is 18.9 Å². The first-order chi connectivity index (χ1) is 4.30. The minimum Gasteiger partial charge on any atom is -0.258 e. The van der Waals surface area contributed by atoms with Crippen LogP contribution in [0.4, 0.5) is 0 Å². The van der Waals surface area contributed by atoms with E-state index in [1.807, 2.05) is 6.08 Å². The second-order valence-electron chi connectivity index (χ2n) is 1.87. The smallest absolute Gasteiger partial charge is 0.258 e. The molecule has 0 atom stereocenters. The first kappa shape index (κ1) is 6.01. The molecule has 0 aromatic heterocycles. The number of nitrogens with zero attached hydrogens (tertiary/aromatic N) is 1. The summed E-state index contributed by atoms with van der Waals surface area (Å²) in [7, 11) is 0. The zero-order chi connectivity index (χ0) is 6.69. The summed E-state index contributed by atoms with van der Waals surface area (Å²) >= 11 is 0. The van der Waals surface area contributed by atoms with E-state index < -0.39 is 0 Å². The third-order valence-corrected chi connectivity index (χ3v) is 1.19. The number of hydrogen-bond acceptors (Lipinski definition) is 2. The van der Waals surface area contributed by atoms with E-state index in [1.165, 1.54) is 0 Å². The molecule has 0 heterocycles. The monoisotopic (exact) mass is 125 g/mol. The Kier molecular flexibility index (Phi) is 1.63. The Hall–Kier alpha value is -1.12. The molecule has 0 aromatic rings. The van der Waals surface area contributed by atoms with E-state index in [4.69, 9.17) is 0 Å². The van der Waals surface area contributed by atoms with Gasteiger partial charge in [0.25, 0.3) is 5.70 Å². The summed E-state index contributed by atoms with van der Waals surface area (Å²) in [6.45, 7) is 0. The van der Waals surface area contributed by atoms with Gasteiger partial charge in [-0.25, -0.2) is 0 Å². The molecule has 3 nitrogen and oxygen atoms in total. The summed E-state index contributed by atoms with van der Waals surface area (Å²) in [4.78, 5) is 9.67. The van der Waals surface area contributed by atoms with Crippen LogP contribution in [-0.2, 0) is 0 Å². The zero-order valence-corrected chi connectivity index (χ0v) is 4.91. The van der Waals surface area contributed by atoms with Crippen LogP contribution in [0.25, 0.3) is 0 Å². The van der Waals surface area contributed by atoms with Gasteiger partial charge >= 0.3 is 0 Å². The molecule has 0 saturated heterocycles. The number of allylic oxidation sites excluding steroid dienone is 3.